The third-order valence-corrected chi connectivity index (χ3v) is 5.79. The van der Waals surface area contributed by atoms with Crippen molar-refractivity contribution in [3.8, 4) is 0 Å². The van der Waals surface area contributed by atoms with E-state index in [1.165, 1.54) is 26.1 Å². The average Bonchev–Trinajstić information content (AvgIpc) is 2.79. The number of pyridine rings is 1. The molecule has 0 aliphatic carbocycles. The first kappa shape index (κ1) is 25.4. The van der Waals surface area contributed by atoms with Gasteiger partial charge in [0.1, 0.15) is 28.7 Å². The van der Waals surface area contributed by atoms with E-state index >= 15 is 0 Å². The van der Waals surface area contributed by atoms with Gasteiger partial charge in [0.05, 0.1) is 5.69 Å². The molecule has 3 heterocycles. The highest BCUT2D eigenvalue weighted by atomic mass is 19.1. The van der Waals surface area contributed by atoms with Crippen LogP contribution >= 0.6 is 0 Å². The summed E-state index contributed by atoms with van der Waals surface area (Å²) in [5.74, 6) is 0.0259. The number of likely N-dealkylation sites (N-methyl/N-ethyl adjacent to an activating group) is 1. The molecule has 1 aromatic carbocycles. The Bertz CT molecular complexity index is 1280. The third-order valence-electron chi connectivity index (χ3n) is 5.79. The molecule has 2 aromatic heterocycles. The Morgan fingerprint density at radius 3 is 2.69 bits per heavy atom. The number of hydrogen-bond acceptors (Lipinski definition) is 7. The van der Waals surface area contributed by atoms with E-state index in [2.05, 4.69) is 35.8 Å². The minimum atomic E-state index is -1.64. The van der Waals surface area contributed by atoms with Crippen LogP contribution in [0, 0.1) is 5.82 Å². The molecule has 10 heteroatoms. The van der Waals surface area contributed by atoms with Crippen molar-refractivity contribution in [3.63, 3.8) is 0 Å². The molecule has 0 fully saturated rings. The number of carbonyl (C=O) groups excluding carboxylic acids is 1. The van der Waals surface area contributed by atoms with Crippen LogP contribution in [0.15, 0.2) is 36.5 Å². The van der Waals surface area contributed by atoms with Crippen LogP contribution in [0.25, 0.3) is 0 Å². The fourth-order valence-electron chi connectivity index (χ4n) is 3.96. The fraction of sp³-hybridized carbons (Fsp3) is 0.385. The second kappa shape index (κ2) is 10.1. The molecule has 3 aromatic rings. The lowest BCUT2D eigenvalue weighted by molar-refractivity contribution is 0.0943. The number of alkyl halides is 1. The number of rotatable bonds is 7. The lowest BCUT2D eigenvalue weighted by Gasteiger charge is -2.26. The Balaban J connectivity index is 0.00000380. The number of carbonyl (C=O) groups is 1. The molecule has 0 radical (unpaired) electrons. The van der Waals surface area contributed by atoms with Gasteiger partial charge in [0.2, 0.25) is 5.95 Å². The van der Waals surface area contributed by atoms with Crippen molar-refractivity contribution in [3.05, 3.63) is 64.7 Å². The van der Waals surface area contributed by atoms with Gasteiger partial charge in [-0.25, -0.2) is 18.7 Å². The molecule has 36 heavy (non-hydrogen) atoms. The topological polar surface area (TPSA) is 95.1 Å². The summed E-state index contributed by atoms with van der Waals surface area (Å²) in [7, 11) is 1.97. The number of halogens is 2. The minimum Gasteiger partial charge on any atom is -0.350 e. The maximum Gasteiger partial charge on any atom is 0.256 e. The standard InChI is InChI=1S/C26H31F2N7O.H2/c1-15(2)30-24(36)18-13-29-25(31-17-11-16-9-10-35(5)14-19(16)20(27)12-17)34-23(18)33-22-8-6-7-21(32-22)26(3,4)28;/h6-8,11-13,15H,9-10,14H2,1-5H3,(H,30,36)(H2,29,31,32,33,34);1H. The van der Waals surface area contributed by atoms with Crippen molar-refractivity contribution in [1.82, 2.24) is 25.2 Å². The van der Waals surface area contributed by atoms with Gasteiger partial charge in [0.15, 0.2) is 0 Å². The van der Waals surface area contributed by atoms with E-state index in [1.807, 2.05) is 27.0 Å². The monoisotopic (exact) mass is 497 g/mol. The van der Waals surface area contributed by atoms with Crippen LogP contribution in [0.2, 0.25) is 0 Å². The molecule has 0 bridgehead atoms. The molecule has 4 rings (SSSR count). The van der Waals surface area contributed by atoms with Crippen molar-refractivity contribution in [2.75, 3.05) is 24.2 Å². The highest BCUT2D eigenvalue weighted by molar-refractivity contribution is 5.99. The molecule has 1 aliphatic rings. The van der Waals surface area contributed by atoms with E-state index in [-0.39, 0.29) is 42.2 Å². The van der Waals surface area contributed by atoms with Crippen LogP contribution in [-0.2, 0) is 18.6 Å². The van der Waals surface area contributed by atoms with E-state index in [4.69, 9.17) is 0 Å². The van der Waals surface area contributed by atoms with Crippen molar-refractivity contribution in [2.24, 2.45) is 0 Å². The summed E-state index contributed by atoms with van der Waals surface area (Å²) in [6.07, 6.45) is 2.13. The maximum atomic E-state index is 14.8. The van der Waals surface area contributed by atoms with E-state index in [0.29, 0.717) is 23.6 Å². The van der Waals surface area contributed by atoms with Gasteiger partial charge < -0.3 is 20.9 Å². The summed E-state index contributed by atoms with van der Waals surface area (Å²) in [5.41, 5.74) is 0.945. The predicted octanol–water partition coefficient (Wildman–Crippen LogP) is 5.07. The molecule has 8 nitrogen and oxygen atoms in total. The van der Waals surface area contributed by atoms with Gasteiger partial charge >= 0.3 is 0 Å². The molecule has 192 valence electrons. The van der Waals surface area contributed by atoms with E-state index in [0.717, 1.165) is 18.5 Å². The number of fused-ring (bicyclic) bond motifs is 1. The molecule has 0 atom stereocenters. The first-order valence-corrected chi connectivity index (χ1v) is 11.9. The summed E-state index contributed by atoms with van der Waals surface area (Å²) >= 11 is 0. The Morgan fingerprint density at radius 2 is 1.97 bits per heavy atom. The molecule has 3 N–H and O–H groups in total. The van der Waals surface area contributed by atoms with Crippen LogP contribution in [0.5, 0.6) is 0 Å². The largest absolute Gasteiger partial charge is 0.350 e. The third kappa shape index (κ3) is 5.93. The Morgan fingerprint density at radius 1 is 1.19 bits per heavy atom. The van der Waals surface area contributed by atoms with E-state index < -0.39 is 5.67 Å². The molecule has 1 aliphatic heterocycles. The average molecular weight is 498 g/mol. The molecule has 1 amide bonds. The van der Waals surface area contributed by atoms with Gasteiger partial charge in [-0.1, -0.05) is 6.07 Å². The summed E-state index contributed by atoms with van der Waals surface area (Å²) < 4.78 is 29.2. The number of aromatic nitrogens is 3. The zero-order chi connectivity index (χ0) is 26.0. The van der Waals surface area contributed by atoms with Crippen molar-refractivity contribution in [2.45, 2.75) is 52.4 Å². The van der Waals surface area contributed by atoms with Gasteiger partial charge in [0.25, 0.3) is 5.91 Å². The molecular weight excluding hydrogens is 464 g/mol. The summed E-state index contributed by atoms with van der Waals surface area (Å²) in [5, 5.41) is 8.89. The zero-order valence-corrected chi connectivity index (χ0v) is 21.1. The summed E-state index contributed by atoms with van der Waals surface area (Å²) in [4.78, 5) is 28.0. The Kier molecular flexibility index (Phi) is 7.16. The molecular formula is C26H33F2N7O. The molecule has 0 unspecified atom stereocenters. The van der Waals surface area contributed by atoms with Crippen LogP contribution < -0.4 is 16.0 Å². The number of nitrogens with zero attached hydrogens (tertiary/aromatic N) is 4. The Hall–Kier alpha value is -3.66. The molecule has 0 saturated heterocycles. The fourth-order valence-corrected chi connectivity index (χ4v) is 3.96. The zero-order valence-electron chi connectivity index (χ0n) is 21.1. The van der Waals surface area contributed by atoms with Crippen LogP contribution in [-0.4, -0.2) is 45.4 Å². The SMILES string of the molecule is CC(C)NC(=O)c1cnc(Nc2cc(F)c3c(c2)CCN(C)C3)nc1Nc1cccc(C(C)(C)F)n1.[HH]. The molecule has 0 saturated carbocycles. The number of benzene rings is 1. The number of anilines is 4. The van der Waals surface area contributed by atoms with Crippen molar-refractivity contribution in [1.29, 1.82) is 0 Å². The highest BCUT2D eigenvalue weighted by Gasteiger charge is 2.22. The maximum absolute atomic E-state index is 14.8. The molecule has 0 spiro atoms. The first-order valence-electron chi connectivity index (χ1n) is 11.9. The second-order valence-corrected chi connectivity index (χ2v) is 9.80. The second-order valence-electron chi connectivity index (χ2n) is 9.80. The number of nitrogens with one attached hydrogen (secondary N) is 3. The number of hydrogen-bond donors (Lipinski definition) is 3. The normalized spacial score (nSPS) is 13.9. The van der Waals surface area contributed by atoms with Gasteiger partial charge in [0, 0.05) is 38.0 Å². The smallest absolute Gasteiger partial charge is 0.256 e. The van der Waals surface area contributed by atoms with Gasteiger partial charge in [-0.05, 0) is 71.0 Å². The predicted molar refractivity (Wildman–Crippen MR) is 138 cm³/mol. The highest BCUT2D eigenvalue weighted by Crippen LogP contribution is 2.28. The minimum absolute atomic E-state index is 0. The van der Waals surface area contributed by atoms with E-state index in [9.17, 15) is 13.6 Å². The summed E-state index contributed by atoms with van der Waals surface area (Å²) in [6, 6.07) is 8.14. The first-order chi connectivity index (χ1) is 17.0. The van der Waals surface area contributed by atoms with Gasteiger partial charge in [-0.15, -0.1) is 0 Å². The van der Waals surface area contributed by atoms with Crippen LogP contribution in [0.4, 0.5) is 32.1 Å². The summed E-state index contributed by atoms with van der Waals surface area (Å²) in [6.45, 7) is 7.94. The van der Waals surface area contributed by atoms with Crippen molar-refractivity contribution < 1.29 is 15.0 Å². The van der Waals surface area contributed by atoms with Gasteiger partial charge in [-0.2, -0.15) is 4.98 Å². The van der Waals surface area contributed by atoms with Crippen molar-refractivity contribution >= 4 is 29.2 Å². The van der Waals surface area contributed by atoms with E-state index in [1.54, 1.807) is 18.2 Å². The lowest BCUT2D eigenvalue weighted by Crippen LogP contribution is -2.31. The van der Waals surface area contributed by atoms with Gasteiger partial charge in [-0.3, -0.25) is 4.79 Å². The lowest BCUT2D eigenvalue weighted by atomic mass is 9.99. The van der Waals surface area contributed by atoms with Crippen LogP contribution in [0.1, 0.15) is 56.3 Å². The number of amides is 1. The Labute approximate surface area is 211 Å². The quantitative estimate of drug-likeness (QED) is 0.419. The van der Waals surface area contributed by atoms with Crippen LogP contribution in [0.3, 0.4) is 0 Å².